The van der Waals surface area contributed by atoms with Crippen molar-refractivity contribution < 1.29 is 14.0 Å². The van der Waals surface area contributed by atoms with Crippen LogP contribution in [0, 0.1) is 11.8 Å². The zero-order valence-electron chi connectivity index (χ0n) is 15.8. The van der Waals surface area contributed by atoms with Gasteiger partial charge in [0.15, 0.2) is 0 Å². The third-order valence-corrected chi connectivity index (χ3v) is 5.55. The lowest BCUT2D eigenvalue weighted by atomic mass is 9.76. The third kappa shape index (κ3) is 4.48. The number of likely N-dealkylation sites (tertiary alicyclic amines) is 1. The SMILES string of the molecule is CCCCC1CC(N)C[N+](C(=O)OC(C)(C)C)(C2CC(C)C2)C1. The standard InChI is InChI=1S/C19H37N2O2/c1-6-7-8-15-11-16(20)13-21(12-15,17-9-14(2)10-17)18(22)23-19(3,4)5/h14-17H,6-13,20H2,1-5H3/q+1. The number of rotatable bonds is 4. The monoisotopic (exact) mass is 325 g/mol. The van der Waals surface area contributed by atoms with Crippen molar-refractivity contribution in [2.24, 2.45) is 17.6 Å². The molecule has 0 aromatic heterocycles. The van der Waals surface area contributed by atoms with Crippen molar-refractivity contribution in [1.29, 1.82) is 0 Å². The Morgan fingerprint density at radius 3 is 2.39 bits per heavy atom. The largest absolute Gasteiger partial charge is 0.516 e. The normalized spacial score (nSPS) is 38.0. The first-order chi connectivity index (χ1) is 10.7. The van der Waals surface area contributed by atoms with E-state index >= 15 is 0 Å². The second-order valence-corrected chi connectivity index (χ2v) is 9.11. The van der Waals surface area contributed by atoms with Crippen LogP contribution in [-0.4, -0.2) is 41.4 Å². The number of unbranched alkanes of at least 4 members (excludes halogenated alkanes) is 1. The van der Waals surface area contributed by atoms with Crippen molar-refractivity contribution in [3.05, 3.63) is 0 Å². The first-order valence-electron chi connectivity index (χ1n) is 9.52. The van der Waals surface area contributed by atoms with Crippen LogP contribution in [0.1, 0.15) is 73.1 Å². The quantitative estimate of drug-likeness (QED) is 0.793. The predicted octanol–water partition coefficient (Wildman–Crippen LogP) is 4.07. The summed E-state index contributed by atoms with van der Waals surface area (Å²) in [6.45, 7) is 12.1. The Hall–Kier alpha value is -0.610. The third-order valence-electron chi connectivity index (χ3n) is 5.55. The second kappa shape index (κ2) is 7.10. The van der Waals surface area contributed by atoms with Crippen LogP contribution in [0.5, 0.6) is 0 Å². The van der Waals surface area contributed by atoms with Crippen LogP contribution in [-0.2, 0) is 4.74 Å². The topological polar surface area (TPSA) is 52.3 Å². The highest BCUT2D eigenvalue weighted by Gasteiger charge is 2.55. The first kappa shape index (κ1) is 18.7. The van der Waals surface area contributed by atoms with E-state index in [1.165, 1.54) is 19.3 Å². The molecule has 4 nitrogen and oxygen atoms in total. The molecule has 0 bridgehead atoms. The number of hydrogen-bond donors (Lipinski definition) is 1. The minimum Gasteiger partial charge on any atom is -0.414 e. The molecule has 0 spiro atoms. The molecule has 1 aliphatic heterocycles. The van der Waals surface area contributed by atoms with Gasteiger partial charge in [0, 0.05) is 18.8 Å². The summed E-state index contributed by atoms with van der Waals surface area (Å²) in [4.78, 5) is 13.1. The molecular weight excluding hydrogens is 288 g/mol. The van der Waals surface area contributed by atoms with E-state index in [2.05, 4.69) is 13.8 Å². The Kier molecular flexibility index (Phi) is 5.78. The van der Waals surface area contributed by atoms with E-state index in [1.54, 1.807) is 0 Å². The highest BCUT2D eigenvalue weighted by Crippen LogP contribution is 2.41. The summed E-state index contributed by atoms with van der Waals surface area (Å²) in [7, 11) is 0. The Morgan fingerprint density at radius 1 is 1.22 bits per heavy atom. The van der Waals surface area contributed by atoms with Gasteiger partial charge < -0.3 is 10.5 Å². The average Bonchev–Trinajstić information content (AvgIpc) is 2.39. The average molecular weight is 326 g/mol. The fraction of sp³-hybridized carbons (Fsp3) is 0.947. The number of piperidine rings is 1. The van der Waals surface area contributed by atoms with E-state index in [4.69, 9.17) is 10.5 Å². The van der Waals surface area contributed by atoms with Gasteiger partial charge in [-0.15, -0.1) is 0 Å². The van der Waals surface area contributed by atoms with E-state index in [0.717, 1.165) is 38.3 Å². The number of nitrogens with zero attached hydrogens (tertiary/aromatic N) is 1. The van der Waals surface area contributed by atoms with Gasteiger partial charge in [0.1, 0.15) is 12.1 Å². The van der Waals surface area contributed by atoms with E-state index in [-0.39, 0.29) is 12.1 Å². The summed E-state index contributed by atoms with van der Waals surface area (Å²) < 4.78 is 6.33. The van der Waals surface area contributed by atoms with Crippen molar-refractivity contribution in [2.75, 3.05) is 13.1 Å². The van der Waals surface area contributed by atoms with Crippen LogP contribution in [0.15, 0.2) is 0 Å². The van der Waals surface area contributed by atoms with Crippen molar-refractivity contribution in [3.63, 3.8) is 0 Å². The lowest BCUT2D eigenvalue weighted by Crippen LogP contribution is -2.70. The summed E-state index contributed by atoms with van der Waals surface area (Å²) in [6.07, 6.45) is 6.91. The van der Waals surface area contributed by atoms with Crippen LogP contribution >= 0.6 is 0 Å². The van der Waals surface area contributed by atoms with Crippen molar-refractivity contribution >= 4 is 6.09 Å². The maximum absolute atomic E-state index is 13.1. The molecule has 1 saturated heterocycles. The minimum absolute atomic E-state index is 0.0361. The smallest absolute Gasteiger partial charge is 0.414 e. The molecule has 0 radical (unpaired) electrons. The summed E-state index contributed by atoms with van der Waals surface area (Å²) in [5.74, 6) is 1.28. The van der Waals surface area contributed by atoms with Gasteiger partial charge in [0.25, 0.3) is 0 Å². The molecule has 3 atom stereocenters. The number of carbonyl (C=O) groups is 1. The first-order valence-corrected chi connectivity index (χ1v) is 9.52. The Balaban J connectivity index is 2.20. The molecule has 2 aliphatic rings. The zero-order valence-corrected chi connectivity index (χ0v) is 15.8. The van der Waals surface area contributed by atoms with Crippen molar-refractivity contribution in [2.45, 2.75) is 90.8 Å². The fourth-order valence-corrected chi connectivity index (χ4v) is 4.45. The van der Waals surface area contributed by atoms with E-state index in [1.807, 2.05) is 20.8 Å². The molecule has 0 aromatic carbocycles. The lowest BCUT2D eigenvalue weighted by molar-refractivity contribution is -0.900. The Morgan fingerprint density at radius 2 is 1.87 bits per heavy atom. The molecule has 1 amide bonds. The summed E-state index contributed by atoms with van der Waals surface area (Å²) >= 11 is 0. The minimum atomic E-state index is -0.432. The fourth-order valence-electron chi connectivity index (χ4n) is 4.45. The number of carbonyl (C=O) groups excluding carboxylic acids is 1. The van der Waals surface area contributed by atoms with Crippen molar-refractivity contribution in [1.82, 2.24) is 0 Å². The molecule has 1 heterocycles. The number of amides is 1. The molecular formula is C19H37N2O2+. The van der Waals surface area contributed by atoms with E-state index in [9.17, 15) is 4.79 Å². The van der Waals surface area contributed by atoms with Crippen molar-refractivity contribution in [3.8, 4) is 0 Å². The van der Waals surface area contributed by atoms with Gasteiger partial charge in [-0.05, 0) is 39.5 Å². The van der Waals surface area contributed by atoms with Gasteiger partial charge in [-0.25, -0.2) is 4.48 Å². The van der Waals surface area contributed by atoms with Gasteiger partial charge in [0.05, 0.1) is 18.6 Å². The summed E-state index contributed by atoms with van der Waals surface area (Å²) in [5, 5.41) is 0. The van der Waals surface area contributed by atoms with Crippen LogP contribution in [0.25, 0.3) is 0 Å². The number of nitrogens with two attached hydrogens (primary N) is 1. The molecule has 4 heteroatoms. The van der Waals surface area contributed by atoms with Crippen LogP contribution in [0.2, 0.25) is 0 Å². The maximum atomic E-state index is 13.1. The van der Waals surface area contributed by atoms with E-state index in [0.29, 0.717) is 16.4 Å². The molecule has 1 aliphatic carbocycles. The molecule has 3 unspecified atom stereocenters. The number of quaternary nitrogens is 1. The van der Waals surface area contributed by atoms with Crippen LogP contribution < -0.4 is 5.73 Å². The van der Waals surface area contributed by atoms with Crippen LogP contribution in [0.3, 0.4) is 0 Å². The van der Waals surface area contributed by atoms with E-state index < -0.39 is 5.60 Å². The Labute approximate surface area is 142 Å². The molecule has 2 fully saturated rings. The maximum Gasteiger partial charge on any atom is 0.516 e. The number of hydrogen-bond acceptors (Lipinski definition) is 3. The Bertz CT molecular complexity index is 412. The highest BCUT2D eigenvalue weighted by molar-refractivity contribution is 5.61. The van der Waals surface area contributed by atoms with Gasteiger partial charge >= 0.3 is 6.09 Å². The molecule has 1 saturated carbocycles. The van der Waals surface area contributed by atoms with Gasteiger partial charge in [-0.2, -0.15) is 4.79 Å². The van der Waals surface area contributed by atoms with Gasteiger partial charge in [-0.1, -0.05) is 26.7 Å². The highest BCUT2D eigenvalue weighted by atomic mass is 16.6. The molecule has 2 N–H and O–H groups in total. The summed E-state index contributed by atoms with van der Waals surface area (Å²) in [5.41, 5.74) is 5.97. The molecule has 23 heavy (non-hydrogen) atoms. The predicted molar refractivity (Wildman–Crippen MR) is 94.0 cm³/mol. The second-order valence-electron chi connectivity index (χ2n) is 9.11. The van der Waals surface area contributed by atoms with Gasteiger partial charge in [0.2, 0.25) is 0 Å². The zero-order chi connectivity index (χ0) is 17.3. The molecule has 2 rings (SSSR count). The van der Waals surface area contributed by atoms with Gasteiger partial charge in [-0.3, -0.25) is 0 Å². The number of ether oxygens (including phenoxy) is 1. The molecule has 134 valence electrons. The lowest BCUT2D eigenvalue weighted by Gasteiger charge is -2.52. The molecule has 0 aromatic rings. The van der Waals surface area contributed by atoms with Crippen LogP contribution in [0.4, 0.5) is 4.79 Å². The summed E-state index contributed by atoms with van der Waals surface area (Å²) in [6, 6.07) is 0.532.